The first-order valence-electron chi connectivity index (χ1n) is 7.32. The number of hydrogen-bond acceptors (Lipinski definition) is 2. The quantitative estimate of drug-likeness (QED) is 0.528. The molecular weight excluding hydrogens is 228 g/mol. The van der Waals surface area contributed by atoms with E-state index in [2.05, 4.69) is 18.0 Å². The predicted molar refractivity (Wildman–Crippen MR) is 76.4 cm³/mol. The van der Waals surface area contributed by atoms with Gasteiger partial charge in [-0.25, -0.2) is 0 Å². The van der Waals surface area contributed by atoms with Gasteiger partial charge in [-0.15, -0.1) is 0 Å². The third-order valence-electron chi connectivity index (χ3n) is 3.89. The molecule has 1 saturated carbocycles. The maximum absolute atomic E-state index is 5.72. The van der Waals surface area contributed by atoms with Crippen LogP contribution in [0.15, 0.2) is 11.8 Å². The molecule has 0 aromatic rings. The molecule has 2 aliphatic rings. The highest BCUT2D eigenvalue weighted by atomic mass is 32.2. The van der Waals surface area contributed by atoms with Crippen molar-refractivity contribution < 1.29 is 4.74 Å². The molecule has 2 fully saturated rings. The van der Waals surface area contributed by atoms with E-state index in [1.54, 1.807) is 0 Å². The minimum absolute atomic E-state index is 0.905. The van der Waals surface area contributed by atoms with Crippen molar-refractivity contribution in [2.45, 2.75) is 57.8 Å². The second kappa shape index (κ2) is 8.07. The second-order valence-corrected chi connectivity index (χ2v) is 6.58. The molecule has 2 rings (SSSR count). The summed E-state index contributed by atoms with van der Waals surface area (Å²) in [6.45, 7) is 0.939. The van der Waals surface area contributed by atoms with Gasteiger partial charge in [0, 0.05) is 0 Å². The number of thioether (sulfide) groups is 1. The third kappa shape index (κ3) is 5.37. The van der Waals surface area contributed by atoms with E-state index in [0.29, 0.717) is 0 Å². The zero-order valence-corrected chi connectivity index (χ0v) is 11.8. The van der Waals surface area contributed by atoms with Crippen LogP contribution in [0.4, 0.5) is 0 Å². The van der Waals surface area contributed by atoms with Crippen molar-refractivity contribution in [3.63, 3.8) is 0 Å². The molecule has 0 aromatic heterocycles. The van der Waals surface area contributed by atoms with E-state index in [1.165, 1.54) is 74.9 Å². The molecule has 17 heavy (non-hydrogen) atoms. The Labute approximate surface area is 110 Å². The van der Waals surface area contributed by atoms with E-state index in [1.807, 2.05) is 0 Å². The third-order valence-corrected chi connectivity index (χ3v) is 5.18. The molecule has 0 radical (unpaired) electrons. The maximum Gasteiger partial charge on any atom is 0.0876 e. The Hall–Kier alpha value is -0.110. The summed E-state index contributed by atoms with van der Waals surface area (Å²) in [7, 11) is 0. The van der Waals surface area contributed by atoms with Crippen molar-refractivity contribution >= 4 is 11.8 Å². The first-order chi connectivity index (χ1) is 8.45. The molecule has 1 nitrogen and oxygen atoms in total. The van der Waals surface area contributed by atoms with Gasteiger partial charge in [0.1, 0.15) is 0 Å². The summed E-state index contributed by atoms with van der Waals surface area (Å²) in [6.07, 6.45) is 14.3. The summed E-state index contributed by atoms with van der Waals surface area (Å²) >= 11 is 2.15. The first kappa shape index (κ1) is 13.3. The summed E-state index contributed by atoms with van der Waals surface area (Å²) in [4.78, 5) is 0. The van der Waals surface area contributed by atoms with Crippen LogP contribution in [0.2, 0.25) is 0 Å². The lowest BCUT2D eigenvalue weighted by Gasteiger charge is -2.18. The molecule has 2 heteroatoms. The lowest BCUT2D eigenvalue weighted by atomic mass is 10.00. The Kier molecular flexibility index (Phi) is 6.33. The Morgan fingerprint density at radius 2 is 2.00 bits per heavy atom. The molecule has 0 spiro atoms. The van der Waals surface area contributed by atoms with Gasteiger partial charge in [-0.2, -0.15) is 11.8 Å². The van der Waals surface area contributed by atoms with Gasteiger partial charge in [0.05, 0.1) is 12.9 Å². The van der Waals surface area contributed by atoms with E-state index >= 15 is 0 Å². The van der Waals surface area contributed by atoms with Gasteiger partial charge in [-0.05, 0) is 67.9 Å². The Balaban J connectivity index is 1.58. The molecule has 1 saturated heterocycles. The molecule has 98 valence electrons. The standard InChI is InChI=1S/C15H26OS/c1-2-8-15(13-17-11-5-1)9-10-16-12-14-6-3-4-7-14/h12,15H,1-11,13H2. The summed E-state index contributed by atoms with van der Waals surface area (Å²) in [5, 5.41) is 0. The summed E-state index contributed by atoms with van der Waals surface area (Å²) < 4.78 is 5.72. The molecule has 0 amide bonds. The molecule has 1 aliphatic heterocycles. The van der Waals surface area contributed by atoms with Gasteiger partial charge in [0.2, 0.25) is 0 Å². The van der Waals surface area contributed by atoms with Gasteiger partial charge in [-0.1, -0.05) is 12.8 Å². The lowest BCUT2D eigenvalue weighted by Crippen LogP contribution is -2.09. The monoisotopic (exact) mass is 254 g/mol. The van der Waals surface area contributed by atoms with Crippen LogP contribution in [-0.4, -0.2) is 18.1 Å². The van der Waals surface area contributed by atoms with Crippen molar-refractivity contribution in [3.05, 3.63) is 11.8 Å². The first-order valence-corrected chi connectivity index (χ1v) is 8.48. The fourth-order valence-corrected chi connectivity index (χ4v) is 3.97. The minimum atomic E-state index is 0.905. The average Bonchev–Trinajstić information content (AvgIpc) is 2.79. The largest absolute Gasteiger partial charge is 0.501 e. The average molecular weight is 254 g/mol. The molecule has 1 heterocycles. The molecule has 1 unspecified atom stereocenters. The Bertz CT molecular complexity index is 221. The maximum atomic E-state index is 5.72. The van der Waals surface area contributed by atoms with Gasteiger partial charge < -0.3 is 4.74 Å². The zero-order chi connectivity index (χ0) is 11.8. The Morgan fingerprint density at radius 1 is 1.12 bits per heavy atom. The van der Waals surface area contributed by atoms with E-state index in [0.717, 1.165) is 12.5 Å². The molecule has 1 aliphatic carbocycles. The van der Waals surface area contributed by atoms with Crippen LogP contribution in [0.1, 0.15) is 57.8 Å². The van der Waals surface area contributed by atoms with E-state index in [9.17, 15) is 0 Å². The Morgan fingerprint density at radius 3 is 2.88 bits per heavy atom. The van der Waals surface area contributed by atoms with Crippen LogP contribution < -0.4 is 0 Å². The van der Waals surface area contributed by atoms with Crippen molar-refractivity contribution in [3.8, 4) is 0 Å². The smallest absolute Gasteiger partial charge is 0.0876 e. The highest BCUT2D eigenvalue weighted by molar-refractivity contribution is 7.99. The van der Waals surface area contributed by atoms with E-state index < -0.39 is 0 Å². The van der Waals surface area contributed by atoms with Crippen molar-refractivity contribution in [2.24, 2.45) is 5.92 Å². The molecule has 0 N–H and O–H groups in total. The van der Waals surface area contributed by atoms with Gasteiger partial charge >= 0.3 is 0 Å². The summed E-state index contributed by atoms with van der Waals surface area (Å²) in [5.41, 5.74) is 1.54. The molecular formula is C15H26OS. The van der Waals surface area contributed by atoms with Gasteiger partial charge in [-0.3, -0.25) is 0 Å². The van der Waals surface area contributed by atoms with Crippen LogP contribution >= 0.6 is 11.8 Å². The summed E-state index contributed by atoms with van der Waals surface area (Å²) in [5.74, 6) is 3.64. The number of hydrogen-bond donors (Lipinski definition) is 0. The van der Waals surface area contributed by atoms with Crippen LogP contribution in [0.3, 0.4) is 0 Å². The van der Waals surface area contributed by atoms with Crippen molar-refractivity contribution in [1.82, 2.24) is 0 Å². The van der Waals surface area contributed by atoms with Crippen molar-refractivity contribution in [1.29, 1.82) is 0 Å². The van der Waals surface area contributed by atoms with E-state index in [4.69, 9.17) is 4.74 Å². The highest BCUT2D eigenvalue weighted by Crippen LogP contribution is 2.25. The SMILES string of the molecule is C(OCCC1CCCCCSC1)=C1CCCC1. The second-order valence-electron chi connectivity index (χ2n) is 5.43. The normalized spacial score (nSPS) is 26.4. The summed E-state index contributed by atoms with van der Waals surface area (Å²) in [6, 6.07) is 0. The predicted octanol–water partition coefficient (Wildman–Crippen LogP) is 4.77. The number of allylic oxidation sites excluding steroid dienone is 1. The molecule has 0 bridgehead atoms. The number of ether oxygens (including phenoxy) is 1. The zero-order valence-electron chi connectivity index (χ0n) is 11.0. The fraction of sp³-hybridized carbons (Fsp3) is 0.867. The van der Waals surface area contributed by atoms with Gasteiger partial charge in [0.25, 0.3) is 0 Å². The number of rotatable bonds is 4. The van der Waals surface area contributed by atoms with Gasteiger partial charge in [0.15, 0.2) is 0 Å². The van der Waals surface area contributed by atoms with Crippen LogP contribution in [0.25, 0.3) is 0 Å². The minimum Gasteiger partial charge on any atom is -0.501 e. The topological polar surface area (TPSA) is 9.23 Å². The van der Waals surface area contributed by atoms with Crippen LogP contribution in [0.5, 0.6) is 0 Å². The van der Waals surface area contributed by atoms with E-state index in [-0.39, 0.29) is 0 Å². The highest BCUT2D eigenvalue weighted by Gasteiger charge is 2.11. The van der Waals surface area contributed by atoms with Crippen LogP contribution in [-0.2, 0) is 4.74 Å². The van der Waals surface area contributed by atoms with Crippen molar-refractivity contribution in [2.75, 3.05) is 18.1 Å². The molecule has 0 aromatic carbocycles. The van der Waals surface area contributed by atoms with Crippen LogP contribution in [0, 0.1) is 5.92 Å². The lowest BCUT2D eigenvalue weighted by molar-refractivity contribution is 0.219. The molecule has 1 atom stereocenters. The fourth-order valence-electron chi connectivity index (χ4n) is 2.73.